The normalized spacial score (nSPS) is 14.5. The maximum absolute atomic E-state index is 13.0. The maximum Gasteiger partial charge on any atom is 0.243 e. The van der Waals surface area contributed by atoms with Crippen LogP contribution in [0.5, 0.6) is 0 Å². The summed E-state index contributed by atoms with van der Waals surface area (Å²) in [5, 5.41) is 0. The van der Waals surface area contributed by atoms with Gasteiger partial charge in [-0.25, -0.2) is 9.37 Å². The molecular weight excluding hydrogens is 255 g/mol. The summed E-state index contributed by atoms with van der Waals surface area (Å²) in [7, 11) is 0. The van der Waals surface area contributed by atoms with Crippen molar-refractivity contribution in [2.45, 2.75) is 25.5 Å². The van der Waals surface area contributed by atoms with E-state index in [1.807, 2.05) is 20.8 Å². The van der Waals surface area contributed by atoms with Crippen molar-refractivity contribution in [2.24, 2.45) is 4.40 Å². The van der Waals surface area contributed by atoms with E-state index in [1.165, 1.54) is 24.4 Å². The molecule has 6 heteroatoms. The zero-order valence-electron chi connectivity index (χ0n) is 10.3. The Morgan fingerprint density at radius 3 is 2.83 bits per heavy atom. The van der Waals surface area contributed by atoms with Crippen molar-refractivity contribution in [2.75, 3.05) is 0 Å². The van der Waals surface area contributed by atoms with Crippen molar-refractivity contribution < 1.29 is 13.4 Å². The highest BCUT2D eigenvalue weighted by molar-refractivity contribution is 7.91. The molecule has 0 aliphatic rings. The molecule has 0 unspecified atom stereocenters. The molecule has 96 valence electrons. The predicted octanol–water partition coefficient (Wildman–Crippen LogP) is 2.85. The molecule has 0 fully saturated rings. The fourth-order valence-electron chi connectivity index (χ4n) is 1.22. The molecule has 0 spiro atoms. The molecule has 1 atom stereocenters. The Hall–Kier alpha value is -1.40. The van der Waals surface area contributed by atoms with Gasteiger partial charge in [0.1, 0.15) is 33.7 Å². The summed E-state index contributed by atoms with van der Waals surface area (Å²) in [6.45, 7) is 5.46. The molecule has 0 bridgehead atoms. The third-order valence-electron chi connectivity index (χ3n) is 2.15. The van der Waals surface area contributed by atoms with Gasteiger partial charge in [-0.1, -0.05) is 4.40 Å². The molecule has 0 amide bonds. The van der Waals surface area contributed by atoms with E-state index >= 15 is 0 Å². The fraction of sp³-hybridized carbons (Fsp3) is 0.333. The van der Waals surface area contributed by atoms with E-state index in [0.29, 0.717) is 11.1 Å². The third kappa shape index (κ3) is 2.88. The van der Waals surface area contributed by atoms with E-state index in [2.05, 4.69) is 9.38 Å². The second-order valence-corrected chi connectivity index (χ2v) is 6.69. The monoisotopic (exact) mass is 268 g/mol. The summed E-state index contributed by atoms with van der Waals surface area (Å²) in [6, 6.07) is 4.06. The number of benzene rings is 1. The highest BCUT2D eigenvalue weighted by atomic mass is 32.2. The van der Waals surface area contributed by atoms with Gasteiger partial charge in [-0.3, -0.25) is 0 Å². The number of rotatable bonds is 2. The average molecular weight is 268 g/mol. The number of hydrogen-bond donors (Lipinski definition) is 0. The van der Waals surface area contributed by atoms with Crippen LogP contribution in [0.4, 0.5) is 4.39 Å². The first-order chi connectivity index (χ1) is 8.36. The smallest absolute Gasteiger partial charge is 0.243 e. The number of oxazole rings is 1. The van der Waals surface area contributed by atoms with Crippen molar-refractivity contribution in [3.63, 3.8) is 0 Å². The zero-order chi connectivity index (χ0) is 13.3. The van der Waals surface area contributed by atoms with Crippen LogP contribution in [-0.2, 0) is 11.4 Å². The van der Waals surface area contributed by atoms with Crippen molar-refractivity contribution in [1.82, 2.24) is 4.98 Å². The van der Waals surface area contributed by atoms with Crippen LogP contribution in [0, 0.1) is 5.82 Å². The Labute approximate surface area is 107 Å². The van der Waals surface area contributed by atoms with Crippen molar-refractivity contribution in [1.29, 1.82) is 0 Å². The van der Waals surface area contributed by atoms with Gasteiger partial charge < -0.3 is 8.97 Å². The van der Waals surface area contributed by atoms with Crippen molar-refractivity contribution in [3.05, 3.63) is 29.9 Å². The fourth-order valence-corrected chi connectivity index (χ4v) is 1.73. The van der Waals surface area contributed by atoms with Crippen molar-refractivity contribution >= 4 is 28.7 Å². The molecule has 2 aromatic rings. The number of nitrogens with zero attached hydrogens (tertiary/aromatic N) is 2. The van der Waals surface area contributed by atoms with Crippen LogP contribution in [0.3, 0.4) is 0 Å². The minimum atomic E-state index is -1.37. The van der Waals surface area contributed by atoms with E-state index in [0.717, 1.165) is 0 Å². The summed E-state index contributed by atoms with van der Waals surface area (Å²) in [4.78, 5) is 4.04. The van der Waals surface area contributed by atoms with Crippen LogP contribution < -0.4 is 0 Å². The predicted molar refractivity (Wildman–Crippen MR) is 69.5 cm³/mol. The van der Waals surface area contributed by atoms with E-state index in [4.69, 9.17) is 4.42 Å². The highest BCUT2D eigenvalue weighted by Crippen LogP contribution is 2.18. The van der Waals surface area contributed by atoms with Crippen LogP contribution in [-0.4, -0.2) is 20.5 Å². The summed E-state index contributed by atoms with van der Waals surface area (Å²) in [5.74, 6) is -0.161. The van der Waals surface area contributed by atoms with Gasteiger partial charge in [0.15, 0.2) is 5.58 Å². The molecule has 0 saturated heterocycles. The van der Waals surface area contributed by atoms with E-state index in [1.54, 1.807) is 0 Å². The molecular formula is C12H13FN2O2S. The minimum absolute atomic E-state index is 0.216. The highest BCUT2D eigenvalue weighted by Gasteiger charge is 2.26. The second kappa shape index (κ2) is 4.70. The van der Waals surface area contributed by atoms with E-state index in [9.17, 15) is 8.94 Å². The molecule has 2 rings (SSSR count). The van der Waals surface area contributed by atoms with Crippen LogP contribution in [0.1, 0.15) is 26.7 Å². The lowest BCUT2D eigenvalue weighted by molar-refractivity contribution is 0.560. The molecule has 1 aromatic carbocycles. The summed E-state index contributed by atoms with van der Waals surface area (Å²) in [5.41, 5.74) is 0.886. The molecule has 0 aliphatic heterocycles. The van der Waals surface area contributed by atoms with E-state index in [-0.39, 0.29) is 11.7 Å². The van der Waals surface area contributed by atoms with Gasteiger partial charge in [-0.15, -0.1) is 0 Å². The molecule has 0 radical (unpaired) electrons. The first-order valence-electron chi connectivity index (χ1n) is 5.38. The molecule has 18 heavy (non-hydrogen) atoms. The largest absolute Gasteiger partial charge is 0.591 e. The SMILES string of the molecule is CC(C)(C)[S@@+]([O-])N=Cc1nc2cc(F)ccc2o1. The zero-order valence-corrected chi connectivity index (χ0v) is 11.1. The van der Waals surface area contributed by atoms with Gasteiger partial charge in [-0.2, -0.15) is 0 Å². The number of fused-ring (bicyclic) bond motifs is 1. The number of halogens is 1. The van der Waals surface area contributed by atoms with Gasteiger partial charge in [0.25, 0.3) is 0 Å². The molecule has 0 N–H and O–H groups in total. The lowest BCUT2D eigenvalue weighted by atomic mass is 10.3. The van der Waals surface area contributed by atoms with Crippen LogP contribution in [0.25, 0.3) is 11.1 Å². The molecule has 4 nitrogen and oxygen atoms in total. The van der Waals surface area contributed by atoms with Gasteiger partial charge in [0, 0.05) is 6.07 Å². The lowest BCUT2D eigenvalue weighted by Crippen LogP contribution is -2.25. The van der Waals surface area contributed by atoms with Crippen LogP contribution >= 0.6 is 0 Å². The first-order valence-corrected chi connectivity index (χ1v) is 6.49. The Kier molecular flexibility index (Phi) is 3.41. The average Bonchev–Trinajstić information content (AvgIpc) is 2.66. The van der Waals surface area contributed by atoms with Crippen LogP contribution in [0.15, 0.2) is 27.0 Å². The number of aromatic nitrogens is 1. The summed E-state index contributed by atoms with van der Waals surface area (Å²) < 4.78 is 33.4. The Morgan fingerprint density at radius 2 is 2.17 bits per heavy atom. The lowest BCUT2D eigenvalue weighted by Gasteiger charge is -2.17. The van der Waals surface area contributed by atoms with Crippen molar-refractivity contribution in [3.8, 4) is 0 Å². The van der Waals surface area contributed by atoms with Gasteiger partial charge in [0.2, 0.25) is 5.89 Å². The Bertz CT molecular complexity index is 589. The number of hydrogen-bond acceptors (Lipinski definition) is 4. The van der Waals surface area contributed by atoms with Gasteiger partial charge in [-0.05, 0) is 32.9 Å². The molecule has 0 saturated carbocycles. The maximum atomic E-state index is 13.0. The quantitative estimate of drug-likeness (QED) is 0.621. The summed E-state index contributed by atoms with van der Waals surface area (Å²) >= 11 is -1.37. The standard InChI is InChI=1S/C12H13FN2O2S/c1-12(2,3)18(16)14-7-11-15-9-6-8(13)4-5-10(9)17-11/h4-7H,1-3H3/t18-/m1/s1. The minimum Gasteiger partial charge on any atom is -0.591 e. The summed E-state index contributed by atoms with van der Waals surface area (Å²) in [6.07, 6.45) is 1.30. The topological polar surface area (TPSA) is 61.5 Å². The second-order valence-electron chi connectivity index (χ2n) is 4.76. The first kappa shape index (κ1) is 13.0. The molecule has 1 heterocycles. The van der Waals surface area contributed by atoms with E-state index < -0.39 is 16.1 Å². The Morgan fingerprint density at radius 1 is 1.44 bits per heavy atom. The Balaban J connectivity index is 2.25. The molecule has 0 aliphatic carbocycles. The van der Waals surface area contributed by atoms with Gasteiger partial charge in [0.05, 0.1) is 0 Å². The third-order valence-corrected chi connectivity index (χ3v) is 3.49. The van der Waals surface area contributed by atoms with Gasteiger partial charge >= 0.3 is 0 Å². The van der Waals surface area contributed by atoms with Crippen LogP contribution in [0.2, 0.25) is 0 Å². The molecule has 1 aromatic heterocycles.